The highest BCUT2D eigenvalue weighted by Gasteiger charge is 2.44. The first-order valence-corrected chi connectivity index (χ1v) is 4.70. The van der Waals surface area contributed by atoms with Crippen molar-refractivity contribution in [3.05, 3.63) is 35.1 Å². The molecule has 0 amide bonds. The van der Waals surface area contributed by atoms with Crippen molar-refractivity contribution < 1.29 is 13.9 Å². The molecule has 2 rings (SSSR count). The Morgan fingerprint density at radius 1 is 1.43 bits per heavy atom. The van der Waals surface area contributed by atoms with Crippen LogP contribution in [0.5, 0.6) is 0 Å². The maximum Gasteiger partial charge on any atom is 0.129 e. The minimum Gasteiger partial charge on any atom is -0.385 e. The van der Waals surface area contributed by atoms with E-state index in [1.807, 2.05) is 0 Å². The van der Waals surface area contributed by atoms with Gasteiger partial charge in [0.25, 0.3) is 0 Å². The van der Waals surface area contributed by atoms with Gasteiger partial charge in [0.1, 0.15) is 12.0 Å². The van der Waals surface area contributed by atoms with Gasteiger partial charge in [-0.2, -0.15) is 0 Å². The minimum atomic E-state index is -1.38. The Kier molecular flexibility index (Phi) is 2.07. The van der Waals surface area contributed by atoms with Gasteiger partial charge in [-0.15, -0.1) is 0 Å². The topological polar surface area (TPSA) is 20.2 Å². The first kappa shape index (κ1) is 9.59. The molecular formula is C11H12F2O. The molecule has 76 valence electrons. The van der Waals surface area contributed by atoms with E-state index in [-0.39, 0.29) is 5.56 Å². The zero-order chi connectivity index (χ0) is 10.3. The van der Waals surface area contributed by atoms with Crippen LogP contribution in [-0.4, -0.2) is 5.11 Å². The van der Waals surface area contributed by atoms with Crippen molar-refractivity contribution in [1.29, 1.82) is 0 Å². The largest absolute Gasteiger partial charge is 0.385 e. The lowest BCUT2D eigenvalue weighted by molar-refractivity contribution is 0.147. The molecule has 0 heterocycles. The monoisotopic (exact) mass is 198 g/mol. The van der Waals surface area contributed by atoms with Crippen LogP contribution in [0, 0.1) is 5.82 Å². The molecule has 1 N–H and O–H groups in total. The third kappa shape index (κ3) is 1.42. The number of benzene rings is 1. The van der Waals surface area contributed by atoms with E-state index in [2.05, 4.69) is 0 Å². The molecule has 0 aliphatic heterocycles. The van der Waals surface area contributed by atoms with Gasteiger partial charge in [-0.25, -0.2) is 8.78 Å². The number of alkyl halides is 1. The summed E-state index contributed by atoms with van der Waals surface area (Å²) < 4.78 is 26.5. The SMILES string of the molecule is CC(F)c1c(F)cccc1C1(O)CC1. The standard InChI is InChI=1S/C11H12F2O/c1-7(12)10-8(11(14)5-6-11)3-2-4-9(10)13/h2-4,7,14H,5-6H2,1H3. The fourth-order valence-electron chi connectivity index (χ4n) is 1.73. The predicted molar refractivity (Wildman–Crippen MR) is 49.1 cm³/mol. The van der Waals surface area contributed by atoms with Gasteiger partial charge >= 0.3 is 0 Å². The van der Waals surface area contributed by atoms with Crippen LogP contribution in [0.25, 0.3) is 0 Å². The van der Waals surface area contributed by atoms with E-state index < -0.39 is 17.6 Å². The Morgan fingerprint density at radius 3 is 2.57 bits per heavy atom. The summed E-state index contributed by atoms with van der Waals surface area (Å²) in [4.78, 5) is 0. The summed E-state index contributed by atoms with van der Waals surface area (Å²) in [5.74, 6) is -0.571. The van der Waals surface area contributed by atoms with Gasteiger partial charge in [-0.05, 0) is 31.4 Å². The van der Waals surface area contributed by atoms with Crippen molar-refractivity contribution in [1.82, 2.24) is 0 Å². The molecule has 1 unspecified atom stereocenters. The zero-order valence-electron chi connectivity index (χ0n) is 7.93. The third-order valence-corrected chi connectivity index (χ3v) is 2.68. The second-order valence-corrected chi connectivity index (χ2v) is 3.85. The average Bonchev–Trinajstić information content (AvgIpc) is 2.84. The van der Waals surface area contributed by atoms with Crippen molar-refractivity contribution in [2.75, 3.05) is 0 Å². The maximum atomic E-state index is 13.3. The molecule has 0 aromatic heterocycles. The van der Waals surface area contributed by atoms with E-state index in [1.165, 1.54) is 19.1 Å². The normalized spacial score (nSPS) is 20.6. The van der Waals surface area contributed by atoms with Gasteiger partial charge in [0.2, 0.25) is 0 Å². The summed E-state index contributed by atoms with van der Waals surface area (Å²) in [6.07, 6.45) is -0.192. The number of aliphatic hydroxyl groups is 1. The number of halogens is 2. The summed E-state index contributed by atoms with van der Waals surface area (Å²) in [5.41, 5.74) is -0.558. The highest BCUT2D eigenvalue weighted by molar-refractivity contribution is 5.38. The van der Waals surface area contributed by atoms with Crippen molar-refractivity contribution in [2.45, 2.75) is 31.5 Å². The van der Waals surface area contributed by atoms with Crippen molar-refractivity contribution in [2.24, 2.45) is 0 Å². The molecule has 1 saturated carbocycles. The Labute approximate surface area is 81.4 Å². The molecule has 0 bridgehead atoms. The van der Waals surface area contributed by atoms with Crippen LogP contribution in [0.4, 0.5) is 8.78 Å². The molecule has 1 aromatic carbocycles. The lowest BCUT2D eigenvalue weighted by Crippen LogP contribution is -2.10. The van der Waals surface area contributed by atoms with Gasteiger partial charge in [-0.1, -0.05) is 12.1 Å². The van der Waals surface area contributed by atoms with Gasteiger partial charge in [-0.3, -0.25) is 0 Å². The molecule has 1 nitrogen and oxygen atoms in total. The zero-order valence-corrected chi connectivity index (χ0v) is 7.93. The van der Waals surface area contributed by atoms with Gasteiger partial charge in [0.05, 0.1) is 5.60 Å². The maximum absolute atomic E-state index is 13.3. The van der Waals surface area contributed by atoms with E-state index in [4.69, 9.17) is 0 Å². The predicted octanol–water partition coefficient (Wildman–Crippen LogP) is 2.84. The summed E-state index contributed by atoms with van der Waals surface area (Å²) in [6.45, 7) is 1.29. The molecule has 0 saturated heterocycles. The van der Waals surface area contributed by atoms with Gasteiger partial charge in [0, 0.05) is 5.56 Å². The third-order valence-electron chi connectivity index (χ3n) is 2.68. The first-order chi connectivity index (χ1) is 6.54. The molecule has 1 atom stereocenters. The second kappa shape index (κ2) is 3.02. The van der Waals surface area contributed by atoms with E-state index >= 15 is 0 Å². The van der Waals surface area contributed by atoms with Gasteiger partial charge in [0.15, 0.2) is 0 Å². The Bertz CT molecular complexity index is 356. The average molecular weight is 198 g/mol. The van der Waals surface area contributed by atoms with Crippen molar-refractivity contribution in [3.8, 4) is 0 Å². The van der Waals surface area contributed by atoms with Crippen molar-refractivity contribution >= 4 is 0 Å². The lowest BCUT2D eigenvalue weighted by Gasteiger charge is -2.15. The van der Waals surface area contributed by atoms with Crippen LogP contribution in [0.1, 0.15) is 37.1 Å². The van der Waals surface area contributed by atoms with Crippen LogP contribution in [0.15, 0.2) is 18.2 Å². The quantitative estimate of drug-likeness (QED) is 0.774. The number of rotatable bonds is 2. The van der Waals surface area contributed by atoms with Crippen LogP contribution in [0.2, 0.25) is 0 Å². The molecule has 0 radical (unpaired) electrons. The fraction of sp³-hybridized carbons (Fsp3) is 0.455. The van der Waals surface area contributed by atoms with Crippen LogP contribution >= 0.6 is 0 Å². The first-order valence-electron chi connectivity index (χ1n) is 4.70. The smallest absolute Gasteiger partial charge is 0.129 e. The molecule has 1 aliphatic carbocycles. The summed E-state index contributed by atoms with van der Waals surface area (Å²) in [5, 5.41) is 9.82. The highest BCUT2D eigenvalue weighted by atomic mass is 19.1. The molecule has 3 heteroatoms. The molecule has 1 aromatic rings. The van der Waals surface area contributed by atoms with E-state index in [0.29, 0.717) is 18.4 Å². The summed E-state index contributed by atoms with van der Waals surface area (Å²) in [6, 6.07) is 4.33. The molecule has 14 heavy (non-hydrogen) atoms. The minimum absolute atomic E-state index is 0.00694. The van der Waals surface area contributed by atoms with E-state index in [1.54, 1.807) is 6.07 Å². The highest BCUT2D eigenvalue weighted by Crippen LogP contribution is 2.48. The van der Waals surface area contributed by atoms with Gasteiger partial charge < -0.3 is 5.11 Å². The van der Waals surface area contributed by atoms with E-state index in [9.17, 15) is 13.9 Å². The molecule has 1 aliphatic rings. The molecular weight excluding hydrogens is 186 g/mol. The number of hydrogen-bond acceptors (Lipinski definition) is 1. The van der Waals surface area contributed by atoms with Crippen LogP contribution in [-0.2, 0) is 5.60 Å². The fourth-order valence-corrected chi connectivity index (χ4v) is 1.73. The number of hydrogen-bond donors (Lipinski definition) is 1. The molecule has 1 fully saturated rings. The van der Waals surface area contributed by atoms with Crippen LogP contribution < -0.4 is 0 Å². The Balaban J connectivity index is 2.53. The lowest BCUT2D eigenvalue weighted by atomic mass is 9.97. The summed E-state index contributed by atoms with van der Waals surface area (Å²) in [7, 11) is 0. The van der Waals surface area contributed by atoms with E-state index in [0.717, 1.165) is 0 Å². The van der Waals surface area contributed by atoms with Crippen molar-refractivity contribution in [3.63, 3.8) is 0 Å². The van der Waals surface area contributed by atoms with Crippen LogP contribution in [0.3, 0.4) is 0 Å². The Hall–Kier alpha value is -0.960. The summed E-state index contributed by atoms with van der Waals surface area (Å²) >= 11 is 0. The molecule has 0 spiro atoms. The second-order valence-electron chi connectivity index (χ2n) is 3.85. The Morgan fingerprint density at radius 2 is 2.07 bits per heavy atom.